The predicted octanol–water partition coefficient (Wildman–Crippen LogP) is 2.96. The molecule has 1 aromatic heterocycles. The second kappa shape index (κ2) is 7.12. The van der Waals surface area contributed by atoms with E-state index >= 15 is 0 Å². The number of hydrogen-bond donors (Lipinski definition) is 0. The Hall–Kier alpha value is -2.14. The Balaban J connectivity index is 1.65. The van der Waals surface area contributed by atoms with E-state index in [0.717, 1.165) is 37.0 Å². The van der Waals surface area contributed by atoms with Gasteiger partial charge in [0.2, 0.25) is 5.91 Å². The highest BCUT2D eigenvalue weighted by Gasteiger charge is 2.34. The average molecular weight is 367 g/mol. The first kappa shape index (κ1) is 18.2. The van der Waals surface area contributed by atoms with E-state index in [0.29, 0.717) is 24.1 Å². The smallest absolute Gasteiger partial charge is 0.242 e. The average Bonchev–Trinajstić information content (AvgIpc) is 2.79. The predicted molar refractivity (Wildman–Crippen MR) is 107 cm³/mol. The van der Waals surface area contributed by atoms with Gasteiger partial charge in [-0.15, -0.1) is 0 Å². The highest BCUT2D eigenvalue weighted by atomic mass is 16.2. The molecule has 2 aromatic rings. The van der Waals surface area contributed by atoms with Gasteiger partial charge in [-0.25, -0.2) is 0 Å². The highest BCUT2D eigenvalue weighted by molar-refractivity contribution is 6.07. The van der Waals surface area contributed by atoms with Gasteiger partial charge in [0.1, 0.15) is 6.54 Å². The normalized spacial score (nSPS) is 23.0. The fraction of sp³-hybridized carbons (Fsp3) is 0.545. The molecule has 3 aliphatic heterocycles. The summed E-state index contributed by atoms with van der Waals surface area (Å²) in [5.74, 6) is 0.798. The lowest BCUT2D eigenvalue weighted by Gasteiger charge is -2.32. The maximum absolute atomic E-state index is 13.2. The van der Waals surface area contributed by atoms with Gasteiger partial charge in [-0.2, -0.15) is 0 Å². The van der Waals surface area contributed by atoms with Gasteiger partial charge >= 0.3 is 0 Å². The third-order valence-electron chi connectivity index (χ3n) is 6.39. The van der Waals surface area contributed by atoms with Crippen molar-refractivity contribution in [2.24, 2.45) is 5.92 Å². The van der Waals surface area contributed by atoms with Crippen molar-refractivity contribution in [1.29, 1.82) is 0 Å². The summed E-state index contributed by atoms with van der Waals surface area (Å²) in [4.78, 5) is 29.8. The van der Waals surface area contributed by atoms with E-state index in [2.05, 4.69) is 29.8 Å². The zero-order valence-electron chi connectivity index (χ0n) is 16.6. The van der Waals surface area contributed by atoms with E-state index in [4.69, 9.17) is 0 Å². The third kappa shape index (κ3) is 3.29. The highest BCUT2D eigenvalue weighted by Crippen LogP contribution is 2.28. The summed E-state index contributed by atoms with van der Waals surface area (Å²) in [7, 11) is 2.18. The number of fused-ring (bicyclic) bond motifs is 5. The van der Waals surface area contributed by atoms with E-state index < -0.39 is 0 Å². The molecule has 3 fully saturated rings. The van der Waals surface area contributed by atoms with E-state index in [-0.39, 0.29) is 11.7 Å². The summed E-state index contributed by atoms with van der Waals surface area (Å²) < 4.78 is 2.00. The van der Waals surface area contributed by atoms with Crippen molar-refractivity contribution in [2.75, 3.05) is 26.7 Å². The fourth-order valence-electron chi connectivity index (χ4n) is 4.89. The number of aryl methyl sites for hydroxylation is 1. The molecular formula is C22H29N3O2. The number of ketones is 1. The number of para-hydroxylation sites is 1. The number of carbonyl (C=O) groups excluding carboxylic acids is 2. The number of piperidine rings is 1. The standard InChI is InChI=1S/C22H29N3O2/c1-4-17-6-5-7-19-20(15(2)26)13-25(22(17)19)14-21(27)24-11-16-8-9-18(12-24)23(3)10-16/h5-7,13,16,18H,4,8-12,14H2,1-3H3. The van der Waals surface area contributed by atoms with Crippen LogP contribution in [0.2, 0.25) is 0 Å². The molecular weight excluding hydrogens is 338 g/mol. The number of rotatable bonds is 4. The van der Waals surface area contributed by atoms with Crippen molar-refractivity contribution in [1.82, 2.24) is 14.4 Å². The molecule has 5 heteroatoms. The lowest BCUT2D eigenvalue weighted by Crippen LogP contribution is -2.42. The van der Waals surface area contributed by atoms with Crippen LogP contribution in [0.25, 0.3) is 10.9 Å². The molecule has 1 aromatic carbocycles. The lowest BCUT2D eigenvalue weighted by molar-refractivity contribution is -0.132. The van der Waals surface area contributed by atoms with Crippen LogP contribution in [0, 0.1) is 5.92 Å². The van der Waals surface area contributed by atoms with Crippen LogP contribution in [0.3, 0.4) is 0 Å². The minimum Gasteiger partial charge on any atom is -0.339 e. The molecule has 1 amide bonds. The van der Waals surface area contributed by atoms with Gasteiger partial charge in [-0.05, 0) is 44.7 Å². The lowest BCUT2D eigenvalue weighted by atomic mass is 9.96. The van der Waals surface area contributed by atoms with Crippen molar-refractivity contribution in [3.63, 3.8) is 0 Å². The van der Waals surface area contributed by atoms with Crippen LogP contribution in [0.5, 0.6) is 0 Å². The Bertz CT molecular complexity index is 885. The quantitative estimate of drug-likeness (QED) is 0.781. The minimum atomic E-state index is 0.0499. The molecule has 2 atom stereocenters. The molecule has 0 N–H and O–H groups in total. The van der Waals surface area contributed by atoms with Gasteiger partial charge in [-0.1, -0.05) is 25.1 Å². The van der Waals surface area contributed by atoms with Crippen molar-refractivity contribution in [3.8, 4) is 0 Å². The van der Waals surface area contributed by atoms with Crippen LogP contribution in [-0.2, 0) is 17.8 Å². The van der Waals surface area contributed by atoms with Crippen molar-refractivity contribution < 1.29 is 9.59 Å². The number of nitrogens with zero attached hydrogens (tertiary/aromatic N) is 3. The molecule has 0 radical (unpaired) electrons. The molecule has 2 bridgehead atoms. The van der Waals surface area contributed by atoms with Gasteiger partial charge in [0.25, 0.3) is 0 Å². The van der Waals surface area contributed by atoms with E-state index in [1.54, 1.807) is 6.92 Å². The van der Waals surface area contributed by atoms with Crippen LogP contribution < -0.4 is 0 Å². The Morgan fingerprint density at radius 3 is 2.67 bits per heavy atom. The monoisotopic (exact) mass is 367 g/mol. The maximum atomic E-state index is 13.2. The first-order chi connectivity index (χ1) is 13.0. The fourth-order valence-corrected chi connectivity index (χ4v) is 4.89. The van der Waals surface area contributed by atoms with Crippen LogP contribution in [-0.4, -0.2) is 58.8 Å². The molecule has 2 unspecified atom stereocenters. The number of amides is 1. The number of Topliss-reactive ketones (excluding diaryl/α,β-unsaturated/α-hetero) is 1. The molecule has 3 saturated heterocycles. The SMILES string of the molecule is CCc1cccc2c(C(C)=O)cn(CC(=O)N3CC4CCC(C3)N(C)C4)c12. The van der Waals surface area contributed by atoms with Crippen LogP contribution >= 0.6 is 0 Å². The molecule has 4 heterocycles. The van der Waals surface area contributed by atoms with Crippen LogP contribution in [0.1, 0.15) is 42.6 Å². The molecule has 0 aliphatic carbocycles. The summed E-state index contributed by atoms with van der Waals surface area (Å²) in [5.41, 5.74) is 2.93. The Morgan fingerprint density at radius 2 is 1.96 bits per heavy atom. The maximum Gasteiger partial charge on any atom is 0.242 e. The van der Waals surface area contributed by atoms with E-state index in [1.165, 1.54) is 18.4 Å². The summed E-state index contributed by atoms with van der Waals surface area (Å²) in [6.07, 6.45) is 5.17. The summed E-state index contributed by atoms with van der Waals surface area (Å²) in [5, 5.41) is 0.963. The zero-order valence-corrected chi connectivity index (χ0v) is 16.6. The molecule has 144 valence electrons. The number of aromatic nitrogens is 1. The number of benzene rings is 1. The topological polar surface area (TPSA) is 45.6 Å². The second-order valence-electron chi connectivity index (χ2n) is 8.23. The largest absolute Gasteiger partial charge is 0.339 e. The van der Waals surface area contributed by atoms with Crippen LogP contribution in [0.15, 0.2) is 24.4 Å². The minimum absolute atomic E-state index is 0.0499. The number of hydrogen-bond acceptors (Lipinski definition) is 3. The zero-order chi connectivity index (χ0) is 19.1. The third-order valence-corrected chi connectivity index (χ3v) is 6.39. The summed E-state index contributed by atoms with van der Waals surface area (Å²) in [6.45, 7) is 6.80. The van der Waals surface area contributed by atoms with Gasteiger partial charge in [-0.3, -0.25) is 9.59 Å². The summed E-state index contributed by atoms with van der Waals surface area (Å²) >= 11 is 0. The van der Waals surface area contributed by atoms with Crippen molar-refractivity contribution in [2.45, 2.75) is 45.7 Å². The molecule has 0 saturated carbocycles. The first-order valence-corrected chi connectivity index (χ1v) is 10.1. The Labute approximate surface area is 160 Å². The molecule has 27 heavy (non-hydrogen) atoms. The van der Waals surface area contributed by atoms with E-state index in [1.807, 2.05) is 22.9 Å². The van der Waals surface area contributed by atoms with Crippen LogP contribution in [0.4, 0.5) is 0 Å². The van der Waals surface area contributed by atoms with Gasteiger partial charge in [0.15, 0.2) is 5.78 Å². The molecule has 0 spiro atoms. The number of carbonyl (C=O) groups is 2. The molecule has 5 nitrogen and oxygen atoms in total. The van der Waals surface area contributed by atoms with Crippen molar-refractivity contribution >= 4 is 22.6 Å². The van der Waals surface area contributed by atoms with Gasteiger partial charge < -0.3 is 14.4 Å². The first-order valence-electron chi connectivity index (χ1n) is 10.1. The van der Waals surface area contributed by atoms with E-state index in [9.17, 15) is 9.59 Å². The Morgan fingerprint density at radius 1 is 1.15 bits per heavy atom. The molecule has 3 aliphatic rings. The second-order valence-corrected chi connectivity index (χ2v) is 8.23. The summed E-state index contributed by atoms with van der Waals surface area (Å²) in [6, 6.07) is 6.57. The molecule has 5 rings (SSSR count). The van der Waals surface area contributed by atoms with Crippen molar-refractivity contribution in [3.05, 3.63) is 35.5 Å². The number of likely N-dealkylation sites (N-methyl/N-ethyl adjacent to an activating group) is 1. The Kier molecular flexibility index (Phi) is 4.81. The van der Waals surface area contributed by atoms with Gasteiger partial charge in [0.05, 0.1) is 5.52 Å². The van der Waals surface area contributed by atoms with Gasteiger partial charge in [0, 0.05) is 42.8 Å².